The number of carbonyl (C=O) groups excluding carboxylic acids is 1. The molecule has 0 saturated heterocycles. The number of amides is 1. The SMILES string of the molecule is COc1ccc(/C=C/C(=O)N(C)Cc2ccc(C(F)(F)F)cc2)cc1F. The lowest BCUT2D eigenvalue weighted by molar-refractivity contribution is -0.137. The number of hydrogen-bond donors (Lipinski definition) is 0. The minimum absolute atomic E-state index is 0.105. The number of nitrogens with zero attached hydrogens (tertiary/aromatic N) is 1. The first-order chi connectivity index (χ1) is 12.2. The number of rotatable bonds is 5. The van der Waals surface area contributed by atoms with E-state index in [9.17, 15) is 22.4 Å². The second-order valence-electron chi connectivity index (χ2n) is 5.62. The van der Waals surface area contributed by atoms with E-state index < -0.39 is 17.6 Å². The summed E-state index contributed by atoms with van der Waals surface area (Å²) in [5.41, 5.74) is 0.314. The van der Waals surface area contributed by atoms with E-state index >= 15 is 0 Å². The lowest BCUT2D eigenvalue weighted by Crippen LogP contribution is -2.24. The highest BCUT2D eigenvalue weighted by molar-refractivity contribution is 5.91. The van der Waals surface area contributed by atoms with Crippen LogP contribution in [0.5, 0.6) is 5.75 Å². The molecule has 0 bridgehead atoms. The summed E-state index contributed by atoms with van der Waals surface area (Å²) >= 11 is 0. The fourth-order valence-corrected chi connectivity index (χ4v) is 2.23. The molecule has 1 amide bonds. The Hall–Kier alpha value is -2.83. The van der Waals surface area contributed by atoms with Gasteiger partial charge >= 0.3 is 6.18 Å². The van der Waals surface area contributed by atoms with E-state index in [1.54, 1.807) is 6.07 Å². The molecule has 0 N–H and O–H groups in total. The molecule has 0 aliphatic rings. The molecule has 26 heavy (non-hydrogen) atoms. The van der Waals surface area contributed by atoms with Crippen molar-refractivity contribution in [2.45, 2.75) is 12.7 Å². The summed E-state index contributed by atoms with van der Waals surface area (Å²) in [5, 5.41) is 0. The summed E-state index contributed by atoms with van der Waals surface area (Å²) in [7, 11) is 2.88. The van der Waals surface area contributed by atoms with E-state index in [2.05, 4.69) is 0 Å². The van der Waals surface area contributed by atoms with Crippen molar-refractivity contribution >= 4 is 12.0 Å². The number of halogens is 4. The van der Waals surface area contributed by atoms with Crippen LogP contribution in [0.25, 0.3) is 6.08 Å². The summed E-state index contributed by atoms with van der Waals surface area (Å²) in [6, 6.07) is 8.89. The molecule has 2 aromatic carbocycles. The fourth-order valence-electron chi connectivity index (χ4n) is 2.23. The Balaban J connectivity index is 2.00. The Morgan fingerprint density at radius 3 is 2.35 bits per heavy atom. The zero-order valence-corrected chi connectivity index (χ0v) is 14.2. The predicted molar refractivity (Wildman–Crippen MR) is 89.9 cm³/mol. The van der Waals surface area contributed by atoms with Crippen LogP contribution in [-0.2, 0) is 17.5 Å². The first-order valence-corrected chi connectivity index (χ1v) is 7.63. The van der Waals surface area contributed by atoms with Crippen LogP contribution in [0.1, 0.15) is 16.7 Å². The average molecular weight is 367 g/mol. The maximum atomic E-state index is 13.6. The van der Waals surface area contributed by atoms with Gasteiger partial charge in [-0.15, -0.1) is 0 Å². The molecule has 0 aliphatic carbocycles. The van der Waals surface area contributed by atoms with E-state index in [0.717, 1.165) is 12.1 Å². The molecular weight excluding hydrogens is 350 g/mol. The van der Waals surface area contributed by atoms with Gasteiger partial charge in [0.25, 0.3) is 0 Å². The van der Waals surface area contributed by atoms with E-state index in [1.165, 1.54) is 55.5 Å². The monoisotopic (exact) mass is 367 g/mol. The van der Waals surface area contributed by atoms with Crippen LogP contribution in [-0.4, -0.2) is 25.0 Å². The number of hydrogen-bond acceptors (Lipinski definition) is 2. The van der Waals surface area contributed by atoms with Gasteiger partial charge in [-0.2, -0.15) is 13.2 Å². The highest BCUT2D eigenvalue weighted by Gasteiger charge is 2.29. The van der Waals surface area contributed by atoms with Crippen molar-refractivity contribution in [3.8, 4) is 5.75 Å². The van der Waals surface area contributed by atoms with Crippen LogP contribution in [0.2, 0.25) is 0 Å². The lowest BCUT2D eigenvalue weighted by Gasteiger charge is -2.16. The van der Waals surface area contributed by atoms with Gasteiger partial charge in [-0.25, -0.2) is 4.39 Å². The summed E-state index contributed by atoms with van der Waals surface area (Å²) in [6.45, 7) is 0.151. The minimum Gasteiger partial charge on any atom is -0.494 e. The molecule has 0 aliphatic heterocycles. The van der Waals surface area contributed by atoms with E-state index in [0.29, 0.717) is 11.1 Å². The standard InChI is InChI=1S/C19H17F4NO2/c1-24(12-14-3-7-15(8-4-14)19(21,22)23)18(25)10-6-13-5-9-17(26-2)16(20)11-13/h3-11H,12H2,1-2H3/b10-6+. The summed E-state index contributed by atoms with van der Waals surface area (Å²) in [6.07, 6.45) is -1.67. The van der Waals surface area contributed by atoms with Crippen LogP contribution >= 0.6 is 0 Å². The van der Waals surface area contributed by atoms with Crippen LogP contribution in [0.4, 0.5) is 17.6 Å². The van der Waals surface area contributed by atoms with E-state index in [1.807, 2.05) is 0 Å². The third-order valence-electron chi connectivity index (χ3n) is 3.67. The summed E-state index contributed by atoms with van der Waals surface area (Å²) in [5.74, 6) is -0.797. The lowest BCUT2D eigenvalue weighted by atomic mass is 10.1. The van der Waals surface area contributed by atoms with Gasteiger partial charge in [0, 0.05) is 19.7 Å². The van der Waals surface area contributed by atoms with Gasteiger partial charge < -0.3 is 9.64 Å². The van der Waals surface area contributed by atoms with Crippen molar-refractivity contribution in [3.63, 3.8) is 0 Å². The van der Waals surface area contributed by atoms with Gasteiger partial charge in [0.15, 0.2) is 11.6 Å². The normalized spacial score (nSPS) is 11.6. The first-order valence-electron chi connectivity index (χ1n) is 7.63. The van der Waals surface area contributed by atoms with Gasteiger partial charge in [-0.05, 0) is 41.5 Å². The molecule has 0 spiro atoms. The van der Waals surface area contributed by atoms with Gasteiger partial charge in [0.05, 0.1) is 12.7 Å². The third kappa shape index (κ3) is 5.08. The smallest absolute Gasteiger partial charge is 0.416 e. The Bertz CT molecular complexity index is 798. The van der Waals surface area contributed by atoms with Gasteiger partial charge in [-0.1, -0.05) is 18.2 Å². The van der Waals surface area contributed by atoms with Gasteiger partial charge in [-0.3, -0.25) is 4.79 Å². The molecule has 2 aromatic rings. The molecule has 2 rings (SSSR count). The highest BCUT2D eigenvalue weighted by Crippen LogP contribution is 2.29. The van der Waals surface area contributed by atoms with E-state index in [-0.39, 0.29) is 18.2 Å². The molecule has 3 nitrogen and oxygen atoms in total. The molecule has 7 heteroatoms. The second kappa shape index (κ2) is 8.03. The minimum atomic E-state index is -4.39. The first kappa shape index (κ1) is 19.5. The summed E-state index contributed by atoms with van der Waals surface area (Å²) in [4.78, 5) is 13.4. The molecule has 0 heterocycles. The molecular formula is C19H17F4NO2. The molecule has 0 radical (unpaired) electrons. The highest BCUT2D eigenvalue weighted by atomic mass is 19.4. The maximum Gasteiger partial charge on any atom is 0.416 e. The van der Waals surface area contributed by atoms with Crippen LogP contribution in [0, 0.1) is 5.82 Å². The fraction of sp³-hybridized carbons (Fsp3) is 0.211. The summed E-state index contributed by atoms with van der Waals surface area (Å²) < 4.78 is 56.0. The Labute approximate surface area is 148 Å². The third-order valence-corrected chi connectivity index (χ3v) is 3.67. The molecule has 138 valence electrons. The number of benzene rings is 2. The number of ether oxygens (including phenoxy) is 1. The van der Waals surface area contributed by atoms with Crippen LogP contribution < -0.4 is 4.74 Å². The van der Waals surface area contributed by atoms with Crippen molar-refractivity contribution < 1.29 is 27.1 Å². The second-order valence-corrected chi connectivity index (χ2v) is 5.62. The number of carbonyl (C=O) groups is 1. The van der Waals surface area contributed by atoms with E-state index in [4.69, 9.17) is 4.74 Å². The van der Waals surface area contributed by atoms with Gasteiger partial charge in [0.2, 0.25) is 5.91 Å². The van der Waals surface area contributed by atoms with Crippen molar-refractivity contribution in [2.75, 3.05) is 14.2 Å². The van der Waals surface area contributed by atoms with Gasteiger partial charge in [0.1, 0.15) is 0 Å². The van der Waals surface area contributed by atoms with Crippen molar-refractivity contribution in [1.82, 2.24) is 4.90 Å². The Kier molecular flexibility index (Phi) is 6.02. The molecule has 0 atom stereocenters. The van der Waals surface area contributed by atoms with Crippen molar-refractivity contribution in [1.29, 1.82) is 0 Å². The number of alkyl halides is 3. The quantitative estimate of drug-likeness (QED) is 0.574. The Morgan fingerprint density at radius 1 is 1.15 bits per heavy atom. The topological polar surface area (TPSA) is 29.5 Å². The zero-order valence-electron chi connectivity index (χ0n) is 14.2. The number of likely N-dealkylation sites (N-methyl/N-ethyl adjacent to an activating group) is 1. The van der Waals surface area contributed by atoms with Crippen LogP contribution in [0.15, 0.2) is 48.5 Å². The predicted octanol–water partition coefficient (Wildman–Crippen LogP) is 4.52. The molecule has 0 aromatic heterocycles. The zero-order chi connectivity index (χ0) is 19.3. The average Bonchev–Trinajstić information content (AvgIpc) is 2.59. The number of methoxy groups -OCH3 is 1. The Morgan fingerprint density at radius 2 is 1.81 bits per heavy atom. The maximum absolute atomic E-state index is 13.6. The molecule has 0 unspecified atom stereocenters. The van der Waals surface area contributed by atoms with Crippen molar-refractivity contribution in [3.05, 3.63) is 71.0 Å². The largest absolute Gasteiger partial charge is 0.494 e. The van der Waals surface area contributed by atoms with Crippen LogP contribution in [0.3, 0.4) is 0 Å². The molecule has 0 saturated carbocycles. The van der Waals surface area contributed by atoms with Crippen molar-refractivity contribution in [2.24, 2.45) is 0 Å². The molecule has 0 fully saturated rings.